The van der Waals surface area contributed by atoms with E-state index in [0.29, 0.717) is 18.5 Å². The van der Waals surface area contributed by atoms with Gasteiger partial charge in [-0.2, -0.15) is 0 Å². The van der Waals surface area contributed by atoms with Crippen LogP contribution in [0.5, 0.6) is 0 Å². The van der Waals surface area contributed by atoms with E-state index in [0.717, 1.165) is 30.9 Å². The van der Waals surface area contributed by atoms with E-state index in [1.165, 1.54) is 11.3 Å². The molecule has 1 saturated heterocycles. The maximum Gasteiger partial charge on any atom is 0.252 e. The fourth-order valence-corrected chi connectivity index (χ4v) is 2.92. The van der Waals surface area contributed by atoms with Gasteiger partial charge in [0, 0.05) is 31.6 Å². The summed E-state index contributed by atoms with van der Waals surface area (Å²) in [5.41, 5.74) is 0.789. The lowest BCUT2D eigenvalue weighted by molar-refractivity contribution is 0.0238. The molecule has 0 bridgehead atoms. The Kier molecular flexibility index (Phi) is 5.80. The summed E-state index contributed by atoms with van der Waals surface area (Å²) in [6, 6.07) is 1.80. The molecular weight excluding hydrogens is 286 g/mol. The van der Waals surface area contributed by atoms with Gasteiger partial charge < -0.3 is 15.2 Å². The van der Waals surface area contributed by atoms with Gasteiger partial charge in [0.25, 0.3) is 5.91 Å². The Morgan fingerprint density at radius 2 is 2.29 bits per heavy atom. The van der Waals surface area contributed by atoms with Gasteiger partial charge in [0.15, 0.2) is 0 Å². The molecule has 1 aliphatic heterocycles. The first-order chi connectivity index (χ1) is 10.1. The lowest BCUT2D eigenvalue weighted by Gasteiger charge is -2.33. The Hall–Kier alpha value is -1.35. The van der Waals surface area contributed by atoms with Gasteiger partial charge >= 0.3 is 0 Å². The molecule has 0 saturated carbocycles. The summed E-state index contributed by atoms with van der Waals surface area (Å²) in [6.45, 7) is 4.48. The third-order valence-corrected chi connectivity index (χ3v) is 4.53. The molecule has 1 fully saturated rings. The zero-order chi connectivity index (χ0) is 15.1. The molecule has 0 unspecified atom stereocenters. The molecule has 114 valence electrons. The van der Waals surface area contributed by atoms with Crippen molar-refractivity contribution in [2.45, 2.75) is 26.2 Å². The van der Waals surface area contributed by atoms with Crippen LogP contribution in [-0.4, -0.2) is 37.4 Å². The van der Waals surface area contributed by atoms with Crippen LogP contribution in [-0.2, 0) is 4.74 Å². The van der Waals surface area contributed by atoms with Crippen LogP contribution in [0.4, 0.5) is 0 Å². The first kappa shape index (κ1) is 16.0. The summed E-state index contributed by atoms with van der Waals surface area (Å²) >= 11 is 1.45. The second-order valence-corrected chi connectivity index (χ2v) is 6.49. The lowest BCUT2D eigenvalue weighted by atomic mass is 9.82. The van der Waals surface area contributed by atoms with Crippen molar-refractivity contribution in [1.29, 1.82) is 0 Å². The SMILES string of the molecule is CC1(CNC(=O)c2csc(C#CCCO)c2)CCOCC1. The fraction of sp³-hybridized carbons (Fsp3) is 0.562. The monoisotopic (exact) mass is 307 g/mol. The minimum absolute atomic E-state index is 0.0471. The van der Waals surface area contributed by atoms with E-state index >= 15 is 0 Å². The summed E-state index contributed by atoms with van der Waals surface area (Å²) in [5.74, 6) is 5.76. The number of nitrogens with one attached hydrogen (secondary N) is 1. The number of ether oxygens (including phenoxy) is 1. The average molecular weight is 307 g/mol. The number of thiophene rings is 1. The van der Waals surface area contributed by atoms with E-state index in [1.54, 1.807) is 6.07 Å². The minimum atomic E-state index is -0.0471. The zero-order valence-electron chi connectivity index (χ0n) is 12.3. The van der Waals surface area contributed by atoms with Gasteiger partial charge in [-0.05, 0) is 24.3 Å². The van der Waals surface area contributed by atoms with E-state index in [2.05, 4.69) is 24.1 Å². The number of aliphatic hydroxyl groups excluding tert-OH is 1. The highest BCUT2D eigenvalue weighted by Gasteiger charge is 2.27. The van der Waals surface area contributed by atoms with Crippen LogP contribution >= 0.6 is 11.3 Å². The van der Waals surface area contributed by atoms with Crippen LogP contribution in [0.25, 0.3) is 0 Å². The second kappa shape index (κ2) is 7.60. The van der Waals surface area contributed by atoms with Gasteiger partial charge in [-0.15, -0.1) is 11.3 Å². The van der Waals surface area contributed by atoms with Crippen LogP contribution in [0, 0.1) is 17.3 Å². The highest BCUT2D eigenvalue weighted by molar-refractivity contribution is 7.10. The number of carbonyl (C=O) groups is 1. The maximum absolute atomic E-state index is 12.1. The van der Waals surface area contributed by atoms with Gasteiger partial charge in [0.2, 0.25) is 0 Å². The molecule has 0 radical (unpaired) electrons. The third-order valence-electron chi connectivity index (χ3n) is 3.69. The van der Waals surface area contributed by atoms with Crippen molar-refractivity contribution < 1.29 is 14.6 Å². The average Bonchev–Trinajstić information content (AvgIpc) is 2.95. The Morgan fingerprint density at radius 3 is 3.00 bits per heavy atom. The first-order valence-electron chi connectivity index (χ1n) is 7.17. The first-order valence-corrected chi connectivity index (χ1v) is 8.05. The Labute approximate surface area is 129 Å². The van der Waals surface area contributed by atoms with Crippen molar-refractivity contribution in [3.05, 3.63) is 21.9 Å². The van der Waals surface area contributed by atoms with Crippen molar-refractivity contribution >= 4 is 17.2 Å². The second-order valence-electron chi connectivity index (χ2n) is 5.58. The topological polar surface area (TPSA) is 58.6 Å². The van der Waals surface area contributed by atoms with Gasteiger partial charge in [-0.1, -0.05) is 18.8 Å². The van der Waals surface area contributed by atoms with Crippen LogP contribution in [0.1, 0.15) is 41.4 Å². The molecule has 1 aromatic heterocycles. The number of carbonyl (C=O) groups excluding carboxylic acids is 1. The number of hydrogen-bond acceptors (Lipinski definition) is 4. The molecule has 0 atom stereocenters. The number of amides is 1. The third kappa shape index (κ3) is 4.85. The molecular formula is C16H21NO3S. The predicted molar refractivity (Wildman–Crippen MR) is 83.4 cm³/mol. The van der Waals surface area contributed by atoms with Crippen molar-refractivity contribution in [2.24, 2.45) is 5.41 Å². The zero-order valence-corrected chi connectivity index (χ0v) is 13.1. The molecule has 2 N–H and O–H groups in total. The molecule has 1 aromatic rings. The molecule has 1 amide bonds. The highest BCUT2D eigenvalue weighted by atomic mass is 32.1. The minimum Gasteiger partial charge on any atom is -0.395 e. The number of aliphatic hydroxyl groups is 1. The van der Waals surface area contributed by atoms with Crippen molar-refractivity contribution in [3.63, 3.8) is 0 Å². The van der Waals surface area contributed by atoms with Gasteiger partial charge in [-0.3, -0.25) is 4.79 Å². The van der Waals surface area contributed by atoms with E-state index in [9.17, 15) is 4.79 Å². The van der Waals surface area contributed by atoms with Gasteiger partial charge in [-0.25, -0.2) is 0 Å². The van der Waals surface area contributed by atoms with Gasteiger partial charge in [0.1, 0.15) is 0 Å². The van der Waals surface area contributed by atoms with Crippen molar-refractivity contribution in [3.8, 4) is 11.8 Å². The highest BCUT2D eigenvalue weighted by Crippen LogP contribution is 2.28. The molecule has 5 heteroatoms. The van der Waals surface area contributed by atoms with E-state index < -0.39 is 0 Å². The predicted octanol–water partition coefficient (Wildman–Crippen LogP) is 2.03. The largest absolute Gasteiger partial charge is 0.395 e. The summed E-state index contributed by atoms with van der Waals surface area (Å²) in [5, 5.41) is 13.5. The summed E-state index contributed by atoms with van der Waals surface area (Å²) < 4.78 is 5.36. The van der Waals surface area contributed by atoms with Crippen molar-refractivity contribution in [2.75, 3.05) is 26.4 Å². The molecule has 21 heavy (non-hydrogen) atoms. The standard InChI is InChI=1S/C16H21NO3S/c1-16(5-8-20-9-6-16)12-17-15(19)13-10-14(21-11-13)4-2-3-7-18/h10-11,18H,3,5-9,12H2,1H3,(H,17,19). The molecule has 2 heterocycles. The molecule has 2 rings (SSSR count). The number of rotatable bonds is 4. The Morgan fingerprint density at radius 1 is 1.52 bits per heavy atom. The summed E-state index contributed by atoms with van der Waals surface area (Å²) in [6.07, 6.45) is 2.42. The molecule has 0 aliphatic carbocycles. The van der Waals surface area contributed by atoms with E-state index in [1.807, 2.05) is 5.38 Å². The number of hydrogen-bond donors (Lipinski definition) is 2. The van der Waals surface area contributed by atoms with Crippen LogP contribution < -0.4 is 5.32 Å². The fourth-order valence-electron chi connectivity index (χ4n) is 2.16. The lowest BCUT2D eigenvalue weighted by Crippen LogP contribution is -2.39. The molecule has 0 spiro atoms. The van der Waals surface area contributed by atoms with Crippen LogP contribution in [0.3, 0.4) is 0 Å². The Bertz CT molecular complexity index is 535. The van der Waals surface area contributed by atoms with Crippen LogP contribution in [0.15, 0.2) is 11.4 Å². The smallest absolute Gasteiger partial charge is 0.252 e. The van der Waals surface area contributed by atoms with Crippen molar-refractivity contribution in [1.82, 2.24) is 5.32 Å². The molecule has 0 aromatic carbocycles. The van der Waals surface area contributed by atoms with Gasteiger partial charge in [0.05, 0.1) is 17.0 Å². The van der Waals surface area contributed by atoms with E-state index in [-0.39, 0.29) is 17.9 Å². The molecule has 1 aliphatic rings. The quantitative estimate of drug-likeness (QED) is 0.837. The molecule has 4 nitrogen and oxygen atoms in total. The summed E-state index contributed by atoms with van der Waals surface area (Å²) in [4.78, 5) is 13.0. The Balaban J connectivity index is 1.87. The maximum atomic E-state index is 12.1. The van der Waals surface area contributed by atoms with E-state index in [4.69, 9.17) is 9.84 Å². The normalized spacial score (nSPS) is 16.9. The van der Waals surface area contributed by atoms with Crippen LogP contribution in [0.2, 0.25) is 0 Å². The summed E-state index contributed by atoms with van der Waals surface area (Å²) in [7, 11) is 0.